The van der Waals surface area contributed by atoms with Gasteiger partial charge in [-0.15, -0.1) is 0 Å². The zero-order valence-electron chi connectivity index (χ0n) is 11.2. The van der Waals surface area contributed by atoms with Gasteiger partial charge in [0.25, 0.3) is 5.91 Å². The van der Waals surface area contributed by atoms with Crippen LogP contribution in [0.2, 0.25) is 0 Å². The smallest absolute Gasteiger partial charge is 0.255 e. The first-order chi connectivity index (χ1) is 8.69. The van der Waals surface area contributed by atoms with Crippen LogP contribution in [-0.4, -0.2) is 18.1 Å². The summed E-state index contributed by atoms with van der Waals surface area (Å²) in [5, 5.41) is 3.41. The van der Waals surface area contributed by atoms with E-state index in [-0.39, 0.29) is 12.1 Å². The molecule has 0 aliphatic heterocycles. The van der Waals surface area contributed by atoms with Crippen molar-refractivity contribution in [3.63, 3.8) is 0 Å². The largest absolute Gasteiger partial charge is 0.481 e. The molecule has 0 aliphatic rings. The van der Waals surface area contributed by atoms with E-state index in [1.165, 1.54) is 0 Å². The normalized spacial score (nSPS) is 11.4. The second-order valence-electron chi connectivity index (χ2n) is 5.25. The van der Waals surface area contributed by atoms with Crippen molar-refractivity contribution in [2.75, 3.05) is 6.61 Å². The average molecular weight is 394 g/mol. The Hall–Kier alpha value is -0.590. The van der Waals surface area contributed by atoms with E-state index >= 15 is 0 Å². The highest BCUT2D eigenvalue weighted by Gasteiger charge is 2.12. The van der Waals surface area contributed by atoms with Gasteiger partial charge in [0.2, 0.25) is 0 Å². The maximum Gasteiger partial charge on any atom is 0.255 e. The van der Waals surface area contributed by atoms with E-state index in [0.717, 1.165) is 21.1 Å². The van der Waals surface area contributed by atoms with Gasteiger partial charge in [-0.05, 0) is 70.3 Å². The summed E-state index contributed by atoms with van der Waals surface area (Å²) in [6, 6.07) is 3.92. The first-order valence-corrected chi connectivity index (χ1v) is 7.41. The Labute approximate surface area is 130 Å². The van der Waals surface area contributed by atoms with E-state index in [0.29, 0.717) is 5.75 Å². The van der Waals surface area contributed by atoms with Crippen molar-refractivity contribution >= 4 is 37.8 Å². The van der Waals surface area contributed by atoms with Gasteiger partial charge >= 0.3 is 0 Å². The van der Waals surface area contributed by atoms with Crippen LogP contribution in [0.25, 0.3) is 0 Å². The molecule has 0 saturated heterocycles. The van der Waals surface area contributed by atoms with Crippen molar-refractivity contribution in [1.29, 1.82) is 0 Å². The summed E-state index contributed by atoms with van der Waals surface area (Å²) in [6.45, 7) is 6.94. The second-order valence-corrected chi connectivity index (χ2v) is 6.96. The second kappa shape index (κ2) is 6.72. The Morgan fingerprint density at radius 1 is 1.32 bits per heavy atom. The fourth-order valence-electron chi connectivity index (χ4n) is 1.36. The van der Waals surface area contributed by atoms with Crippen LogP contribution in [0.3, 0.4) is 0 Å². The molecule has 106 valence electrons. The Morgan fingerprint density at radius 2 is 1.84 bits per heavy atom. The highest BCUT2D eigenvalue weighted by molar-refractivity contribution is 9.11. The van der Waals surface area contributed by atoms with Gasteiger partial charge in [-0.1, -0.05) is 0 Å². The fraction of sp³-hybridized carbons (Fsp3) is 0.462. The molecule has 0 fully saturated rings. The van der Waals surface area contributed by atoms with E-state index in [1.54, 1.807) is 0 Å². The summed E-state index contributed by atoms with van der Waals surface area (Å²) in [5.41, 5.74) is 6.23. The lowest BCUT2D eigenvalue weighted by Gasteiger charge is -2.21. The SMILES string of the molecule is CC(C)(C)NCc1cc(Br)c(OCC(N)=O)c(Br)c1. The molecule has 1 amide bonds. The van der Waals surface area contributed by atoms with Gasteiger partial charge in [-0.25, -0.2) is 0 Å². The number of nitrogens with one attached hydrogen (secondary N) is 1. The van der Waals surface area contributed by atoms with Crippen LogP contribution in [-0.2, 0) is 11.3 Å². The van der Waals surface area contributed by atoms with Crippen molar-refractivity contribution < 1.29 is 9.53 Å². The van der Waals surface area contributed by atoms with Crippen molar-refractivity contribution in [2.45, 2.75) is 32.9 Å². The monoisotopic (exact) mass is 392 g/mol. The van der Waals surface area contributed by atoms with Gasteiger partial charge < -0.3 is 15.8 Å². The van der Waals surface area contributed by atoms with Crippen LogP contribution in [0.15, 0.2) is 21.1 Å². The first-order valence-electron chi connectivity index (χ1n) is 5.83. The molecule has 0 spiro atoms. The summed E-state index contributed by atoms with van der Waals surface area (Å²) >= 11 is 6.87. The number of ether oxygens (including phenoxy) is 1. The molecular weight excluding hydrogens is 376 g/mol. The number of carbonyl (C=O) groups is 1. The number of halogens is 2. The predicted octanol–water partition coefficient (Wildman–Crippen LogP) is 2.96. The molecule has 1 aromatic rings. The van der Waals surface area contributed by atoms with Gasteiger partial charge in [0.05, 0.1) is 8.95 Å². The third-order valence-electron chi connectivity index (χ3n) is 2.24. The Bertz CT molecular complexity index is 447. The molecule has 0 aliphatic carbocycles. The van der Waals surface area contributed by atoms with Crippen LogP contribution in [0.4, 0.5) is 0 Å². The lowest BCUT2D eigenvalue weighted by molar-refractivity contribution is -0.119. The zero-order chi connectivity index (χ0) is 14.6. The minimum atomic E-state index is -0.503. The van der Waals surface area contributed by atoms with Gasteiger partial charge in [-0.3, -0.25) is 4.79 Å². The van der Waals surface area contributed by atoms with Gasteiger partial charge in [0.15, 0.2) is 6.61 Å². The number of amides is 1. The molecular formula is C13H18Br2N2O2. The molecule has 1 aromatic carbocycles. The molecule has 0 aromatic heterocycles. The van der Waals surface area contributed by atoms with Gasteiger partial charge in [-0.2, -0.15) is 0 Å². The Balaban J connectivity index is 2.81. The first kappa shape index (κ1) is 16.5. The maximum atomic E-state index is 10.7. The average Bonchev–Trinajstić information content (AvgIpc) is 2.23. The summed E-state index contributed by atoms with van der Waals surface area (Å²) < 4.78 is 6.91. The van der Waals surface area contributed by atoms with E-state index in [4.69, 9.17) is 10.5 Å². The maximum absolute atomic E-state index is 10.7. The number of rotatable bonds is 5. The van der Waals surface area contributed by atoms with Gasteiger partial charge in [0, 0.05) is 12.1 Å². The van der Waals surface area contributed by atoms with Gasteiger partial charge in [0.1, 0.15) is 5.75 Å². The van der Waals surface area contributed by atoms with Crippen LogP contribution >= 0.6 is 31.9 Å². The third-order valence-corrected chi connectivity index (χ3v) is 3.42. The summed E-state index contributed by atoms with van der Waals surface area (Å²) in [5.74, 6) is 0.0792. The molecule has 3 N–H and O–H groups in total. The quantitative estimate of drug-likeness (QED) is 0.808. The van der Waals surface area contributed by atoms with Crippen molar-refractivity contribution in [1.82, 2.24) is 5.32 Å². The number of carbonyl (C=O) groups excluding carboxylic acids is 1. The van der Waals surface area contributed by atoms with Crippen LogP contribution < -0.4 is 15.8 Å². The molecule has 0 saturated carbocycles. The summed E-state index contributed by atoms with van der Waals surface area (Å²) in [4.78, 5) is 10.7. The van der Waals surface area contributed by atoms with Crippen molar-refractivity contribution in [3.8, 4) is 5.75 Å². The minimum absolute atomic E-state index is 0.0556. The molecule has 0 atom stereocenters. The number of primary amides is 1. The number of nitrogens with two attached hydrogens (primary N) is 1. The number of benzene rings is 1. The highest BCUT2D eigenvalue weighted by atomic mass is 79.9. The highest BCUT2D eigenvalue weighted by Crippen LogP contribution is 2.34. The molecule has 6 heteroatoms. The molecule has 4 nitrogen and oxygen atoms in total. The van der Waals surface area contributed by atoms with Crippen LogP contribution in [0.5, 0.6) is 5.75 Å². The predicted molar refractivity (Wildman–Crippen MR) is 83.1 cm³/mol. The zero-order valence-corrected chi connectivity index (χ0v) is 14.4. The van der Waals surface area contributed by atoms with E-state index in [1.807, 2.05) is 12.1 Å². The van der Waals surface area contributed by atoms with E-state index in [9.17, 15) is 4.79 Å². The molecule has 0 unspecified atom stereocenters. The van der Waals surface area contributed by atoms with Crippen LogP contribution in [0, 0.1) is 0 Å². The van der Waals surface area contributed by atoms with E-state index < -0.39 is 5.91 Å². The minimum Gasteiger partial charge on any atom is -0.481 e. The summed E-state index contributed by atoms with van der Waals surface area (Å²) in [6.07, 6.45) is 0. The molecule has 0 heterocycles. The number of hydrogen-bond donors (Lipinski definition) is 2. The number of hydrogen-bond acceptors (Lipinski definition) is 3. The Kier molecular flexibility index (Phi) is 5.82. The van der Waals surface area contributed by atoms with Crippen molar-refractivity contribution in [3.05, 3.63) is 26.6 Å². The standard InChI is InChI=1S/C13H18Br2N2O2/c1-13(2,3)17-6-8-4-9(14)12(10(15)5-8)19-7-11(16)18/h4-5,17H,6-7H2,1-3H3,(H2,16,18). The fourth-order valence-corrected chi connectivity index (χ4v) is 2.87. The lowest BCUT2D eigenvalue weighted by Crippen LogP contribution is -2.35. The Morgan fingerprint density at radius 3 is 2.26 bits per heavy atom. The van der Waals surface area contributed by atoms with Crippen LogP contribution in [0.1, 0.15) is 26.3 Å². The lowest BCUT2D eigenvalue weighted by atomic mass is 10.1. The molecule has 0 radical (unpaired) electrons. The van der Waals surface area contributed by atoms with Crippen molar-refractivity contribution in [2.24, 2.45) is 5.73 Å². The summed E-state index contributed by atoms with van der Waals surface area (Å²) in [7, 11) is 0. The molecule has 1 rings (SSSR count). The van der Waals surface area contributed by atoms with E-state index in [2.05, 4.69) is 57.9 Å². The molecule has 19 heavy (non-hydrogen) atoms. The topological polar surface area (TPSA) is 64.3 Å². The molecule has 0 bridgehead atoms. The third kappa shape index (κ3) is 5.93.